The molecule has 2 heteroatoms. The summed E-state index contributed by atoms with van der Waals surface area (Å²) in [5.74, 6) is 0.928. The number of para-hydroxylation sites is 1. The van der Waals surface area contributed by atoms with Crippen molar-refractivity contribution in [1.29, 1.82) is 0 Å². The van der Waals surface area contributed by atoms with Crippen LogP contribution < -0.4 is 4.74 Å². The predicted molar refractivity (Wildman–Crippen MR) is 70.8 cm³/mol. The van der Waals surface area contributed by atoms with Crippen molar-refractivity contribution in [1.82, 2.24) is 0 Å². The normalized spacial score (nSPS) is 19.1. The first-order valence-corrected chi connectivity index (χ1v) is 6.22. The summed E-state index contributed by atoms with van der Waals surface area (Å²) < 4.78 is 5.62. The van der Waals surface area contributed by atoms with Crippen molar-refractivity contribution in [2.75, 3.05) is 6.61 Å². The van der Waals surface area contributed by atoms with Crippen LogP contribution in [0.2, 0.25) is 0 Å². The standard InChI is InChI=1S/C16H16O2/c1-11-5-4-6-12(9-11)16(17)14-10-18-15-8-3-2-7-13(14)15/h2-9,14,16-17H,10H2,1H3. The zero-order chi connectivity index (χ0) is 12.5. The molecular formula is C16H16O2. The number of fused-ring (bicyclic) bond motifs is 1. The Labute approximate surface area is 107 Å². The monoisotopic (exact) mass is 240 g/mol. The highest BCUT2D eigenvalue weighted by molar-refractivity contribution is 5.41. The molecule has 3 rings (SSSR count). The average molecular weight is 240 g/mol. The van der Waals surface area contributed by atoms with Gasteiger partial charge in [-0.05, 0) is 18.6 Å². The highest BCUT2D eigenvalue weighted by atomic mass is 16.5. The van der Waals surface area contributed by atoms with Gasteiger partial charge in [-0.15, -0.1) is 0 Å². The summed E-state index contributed by atoms with van der Waals surface area (Å²) in [7, 11) is 0. The Balaban J connectivity index is 1.93. The number of benzene rings is 2. The molecule has 1 heterocycles. The average Bonchev–Trinajstić information content (AvgIpc) is 2.82. The van der Waals surface area contributed by atoms with Crippen LogP contribution in [0.25, 0.3) is 0 Å². The van der Waals surface area contributed by atoms with Crippen LogP contribution in [0.15, 0.2) is 48.5 Å². The van der Waals surface area contributed by atoms with Gasteiger partial charge in [0.05, 0.1) is 18.6 Å². The molecule has 0 bridgehead atoms. The SMILES string of the molecule is Cc1cccc(C(O)C2COc3ccccc32)c1. The molecule has 0 saturated heterocycles. The number of ether oxygens (including phenoxy) is 1. The van der Waals surface area contributed by atoms with Crippen LogP contribution in [0, 0.1) is 6.92 Å². The van der Waals surface area contributed by atoms with Crippen LogP contribution in [-0.4, -0.2) is 11.7 Å². The lowest BCUT2D eigenvalue weighted by Gasteiger charge is -2.18. The fourth-order valence-electron chi connectivity index (χ4n) is 2.54. The highest BCUT2D eigenvalue weighted by Gasteiger charge is 2.30. The number of aryl methyl sites for hydroxylation is 1. The molecule has 0 aromatic heterocycles. The molecule has 0 fully saturated rings. The molecule has 0 spiro atoms. The Kier molecular flexibility index (Phi) is 2.80. The fourth-order valence-corrected chi connectivity index (χ4v) is 2.54. The number of aliphatic hydroxyl groups is 1. The van der Waals surface area contributed by atoms with Crippen molar-refractivity contribution in [2.45, 2.75) is 18.9 Å². The third kappa shape index (κ3) is 1.89. The van der Waals surface area contributed by atoms with Crippen molar-refractivity contribution in [2.24, 2.45) is 0 Å². The summed E-state index contributed by atoms with van der Waals surface area (Å²) in [6.45, 7) is 2.59. The Bertz CT molecular complexity index is 563. The molecule has 2 atom stereocenters. The van der Waals surface area contributed by atoms with E-state index in [1.54, 1.807) is 0 Å². The maximum atomic E-state index is 10.5. The van der Waals surface area contributed by atoms with Gasteiger partial charge in [0.15, 0.2) is 0 Å². The third-order valence-corrected chi connectivity index (χ3v) is 3.50. The molecule has 1 aliphatic rings. The Hall–Kier alpha value is -1.80. The summed E-state index contributed by atoms with van der Waals surface area (Å²) >= 11 is 0. The lowest BCUT2D eigenvalue weighted by atomic mass is 9.90. The van der Waals surface area contributed by atoms with E-state index in [9.17, 15) is 5.11 Å². The van der Waals surface area contributed by atoms with Crippen LogP contribution >= 0.6 is 0 Å². The first-order valence-electron chi connectivity index (χ1n) is 6.22. The number of hydrogen-bond acceptors (Lipinski definition) is 2. The Morgan fingerprint density at radius 3 is 2.83 bits per heavy atom. The minimum absolute atomic E-state index is 0.0306. The van der Waals surface area contributed by atoms with Crippen molar-refractivity contribution in [3.05, 3.63) is 65.2 Å². The minimum atomic E-state index is -0.506. The van der Waals surface area contributed by atoms with Crippen LogP contribution in [0.1, 0.15) is 28.7 Å². The summed E-state index contributed by atoms with van der Waals surface area (Å²) in [4.78, 5) is 0. The van der Waals surface area contributed by atoms with Crippen molar-refractivity contribution in [3.8, 4) is 5.75 Å². The number of aliphatic hydroxyl groups excluding tert-OH is 1. The van der Waals surface area contributed by atoms with E-state index in [-0.39, 0.29) is 5.92 Å². The lowest BCUT2D eigenvalue weighted by molar-refractivity contribution is 0.130. The third-order valence-electron chi connectivity index (χ3n) is 3.50. The maximum Gasteiger partial charge on any atom is 0.123 e. The van der Waals surface area contributed by atoms with E-state index in [2.05, 4.69) is 0 Å². The molecule has 0 aliphatic carbocycles. The molecule has 0 radical (unpaired) electrons. The largest absolute Gasteiger partial charge is 0.493 e. The second-order valence-corrected chi connectivity index (χ2v) is 4.81. The van der Waals surface area contributed by atoms with Crippen molar-refractivity contribution >= 4 is 0 Å². The van der Waals surface area contributed by atoms with Gasteiger partial charge < -0.3 is 9.84 Å². The van der Waals surface area contributed by atoms with Gasteiger partial charge in [-0.2, -0.15) is 0 Å². The minimum Gasteiger partial charge on any atom is -0.493 e. The molecule has 1 aliphatic heterocycles. The number of rotatable bonds is 2. The van der Waals surface area contributed by atoms with E-state index in [4.69, 9.17) is 4.74 Å². The van der Waals surface area contributed by atoms with Crippen LogP contribution in [0.4, 0.5) is 0 Å². The molecule has 2 unspecified atom stereocenters. The molecule has 0 saturated carbocycles. The van der Waals surface area contributed by atoms with E-state index in [1.807, 2.05) is 55.5 Å². The van der Waals surface area contributed by atoms with Gasteiger partial charge in [-0.3, -0.25) is 0 Å². The van der Waals surface area contributed by atoms with E-state index in [0.29, 0.717) is 6.61 Å². The zero-order valence-corrected chi connectivity index (χ0v) is 10.3. The molecule has 2 nitrogen and oxygen atoms in total. The number of hydrogen-bond donors (Lipinski definition) is 1. The summed E-state index contributed by atoms with van der Waals surface area (Å²) in [5, 5.41) is 10.5. The van der Waals surface area contributed by atoms with E-state index in [1.165, 1.54) is 5.56 Å². The summed E-state index contributed by atoms with van der Waals surface area (Å²) in [6, 6.07) is 16.0. The molecular weight excluding hydrogens is 224 g/mol. The van der Waals surface area contributed by atoms with Crippen molar-refractivity contribution < 1.29 is 9.84 Å². The molecule has 2 aromatic rings. The molecule has 92 valence electrons. The Morgan fingerprint density at radius 1 is 1.17 bits per heavy atom. The summed E-state index contributed by atoms with van der Waals surface area (Å²) in [6.07, 6.45) is -0.506. The smallest absolute Gasteiger partial charge is 0.123 e. The van der Waals surface area contributed by atoms with E-state index < -0.39 is 6.10 Å². The predicted octanol–water partition coefficient (Wildman–Crippen LogP) is 3.20. The molecule has 18 heavy (non-hydrogen) atoms. The van der Waals surface area contributed by atoms with E-state index >= 15 is 0 Å². The Morgan fingerprint density at radius 2 is 2.00 bits per heavy atom. The molecule has 0 amide bonds. The topological polar surface area (TPSA) is 29.5 Å². The second kappa shape index (κ2) is 4.46. The van der Waals surface area contributed by atoms with Crippen LogP contribution in [0.3, 0.4) is 0 Å². The van der Waals surface area contributed by atoms with Crippen LogP contribution in [0.5, 0.6) is 5.75 Å². The van der Waals surface area contributed by atoms with Gasteiger partial charge in [0.1, 0.15) is 5.75 Å². The van der Waals surface area contributed by atoms with Crippen molar-refractivity contribution in [3.63, 3.8) is 0 Å². The van der Waals surface area contributed by atoms with Gasteiger partial charge in [0.2, 0.25) is 0 Å². The fraction of sp³-hybridized carbons (Fsp3) is 0.250. The quantitative estimate of drug-likeness (QED) is 0.873. The molecule has 1 N–H and O–H groups in total. The first kappa shape index (κ1) is 11.3. The maximum absolute atomic E-state index is 10.5. The van der Waals surface area contributed by atoms with Gasteiger partial charge in [0.25, 0.3) is 0 Å². The van der Waals surface area contributed by atoms with Crippen LogP contribution in [-0.2, 0) is 0 Å². The first-order chi connectivity index (χ1) is 8.75. The zero-order valence-electron chi connectivity index (χ0n) is 10.3. The molecule has 2 aromatic carbocycles. The lowest BCUT2D eigenvalue weighted by Crippen LogP contribution is -2.12. The van der Waals surface area contributed by atoms with E-state index in [0.717, 1.165) is 16.9 Å². The van der Waals surface area contributed by atoms with Gasteiger partial charge in [-0.1, -0.05) is 48.0 Å². The second-order valence-electron chi connectivity index (χ2n) is 4.81. The summed E-state index contributed by atoms with van der Waals surface area (Å²) in [5.41, 5.74) is 3.23. The highest BCUT2D eigenvalue weighted by Crippen LogP contribution is 2.41. The van der Waals surface area contributed by atoms with Gasteiger partial charge in [-0.25, -0.2) is 0 Å². The van der Waals surface area contributed by atoms with Gasteiger partial charge in [0, 0.05) is 5.56 Å². The van der Waals surface area contributed by atoms with Gasteiger partial charge >= 0.3 is 0 Å².